The SMILES string of the molecule is CCOCCn1c(C2CC(=O)N(c3cccc(C)c3C)C2)nc2ccccc21. The number of aryl methyl sites for hydroxylation is 1. The maximum Gasteiger partial charge on any atom is 0.227 e. The van der Waals surface area contributed by atoms with E-state index in [0.29, 0.717) is 26.2 Å². The van der Waals surface area contributed by atoms with Gasteiger partial charge in [-0.2, -0.15) is 0 Å². The van der Waals surface area contributed by atoms with Gasteiger partial charge in [0.25, 0.3) is 0 Å². The first kappa shape index (κ1) is 18.7. The quantitative estimate of drug-likeness (QED) is 0.605. The van der Waals surface area contributed by atoms with E-state index in [-0.39, 0.29) is 11.8 Å². The molecule has 1 aliphatic heterocycles. The molecular formula is C23H27N3O2. The highest BCUT2D eigenvalue weighted by molar-refractivity contribution is 5.97. The maximum atomic E-state index is 12.9. The van der Waals surface area contributed by atoms with Crippen LogP contribution < -0.4 is 4.90 Å². The molecule has 5 heteroatoms. The van der Waals surface area contributed by atoms with Crippen molar-refractivity contribution in [2.75, 3.05) is 24.7 Å². The molecule has 4 rings (SSSR count). The molecule has 1 amide bonds. The number of imidazole rings is 1. The Morgan fingerprint density at radius 1 is 1.14 bits per heavy atom. The van der Waals surface area contributed by atoms with Crippen LogP contribution in [0.5, 0.6) is 0 Å². The summed E-state index contributed by atoms with van der Waals surface area (Å²) in [4.78, 5) is 19.7. The molecule has 1 saturated heterocycles. The molecule has 5 nitrogen and oxygen atoms in total. The number of amides is 1. The van der Waals surface area contributed by atoms with Crippen molar-refractivity contribution >= 4 is 22.6 Å². The molecule has 0 spiro atoms. The summed E-state index contributed by atoms with van der Waals surface area (Å²) in [7, 11) is 0. The van der Waals surface area contributed by atoms with Crippen molar-refractivity contribution in [3.05, 3.63) is 59.4 Å². The number of fused-ring (bicyclic) bond motifs is 1. The number of rotatable bonds is 6. The summed E-state index contributed by atoms with van der Waals surface area (Å²) in [5, 5.41) is 0. The van der Waals surface area contributed by atoms with Gasteiger partial charge in [0, 0.05) is 37.7 Å². The van der Waals surface area contributed by atoms with Gasteiger partial charge >= 0.3 is 0 Å². The molecule has 28 heavy (non-hydrogen) atoms. The van der Waals surface area contributed by atoms with Crippen LogP contribution in [0.3, 0.4) is 0 Å². The number of anilines is 1. The molecule has 1 atom stereocenters. The molecule has 2 aromatic carbocycles. The van der Waals surface area contributed by atoms with Crippen LogP contribution in [0, 0.1) is 13.8 Å². The third-order valence-corrected chi connectivity index (χ3v) is 5.70. The number of nitrogens with zero attached hydrogens (tertiary/aromatic N) is 3. The lowest BCUT2D eigenvalue weighted by Crippen LogP contribution is -2.25. The Hall–Kier alpha value is -2.66. The van der Waals surface area contributed by atoms with Crippen molar-refractivity contribution in [3.8, 4) is 0 Å². The smallest absolute Gasteiger partial charge is 0.227 e. The summed E-state index contributed by atoms with van der Waals surface area (Å²) in [6.07, 6.45) is 0.491. The number of carbonyl (C=O) groups excluding carboxylic acids is 1. The zero-order valence-electron chi connectivity index (χ0n) is 16.8. The first-order valence-corrected chi connectivity index (χ1v) is 9.99. The number of ether oxygens (including phenoxy) is 1. The standard InChI is InChI=1S/C23H27N3O2/c1-4-28-13-12-25-21-10-6-5-9-19(21)24-23(25)18-14-22(27)26(15-18)20-11-7-8-16(2)17(20)3/h5-11,18H,4,12-15H2,1-3H3. The van der Waals surface area contributed by atoms with Gasteiger partial charge in [0.15, 0.2) is 0 Å². The predicted molar refractivity (Wildman–Crippen MR) is 112 cm³/mol. The summed E-state index contributed by atoms with van der Waals surface area (Å²) in [5.41, 5.74) is 5.48. The minimum absolute atomic E-state index is 0.0847. The second-order valence-electron chi connectivity index (χ2n) is 7.43. The fourth-order valence-corrected chi connectivity index (χ4v) is 4.08. The fourth-order valence-electron chi connectivity index (χ4n) is 4.08. The van der Waals surface area contributed by atoms with Gasteiger partial charge in [-0.3, -0.25) is 4.79 Å². The molecule has 1 unspecified atom stereocenters. The van der Waals surface area contributed by atoms with E-state index in [1.54, 1.807) is 0 Å². The zero-order chi connectivity index (χ0) is 19.7. The van der Waals surface area contributed by atoms with Crippen LogP contribution in [0.15, 0.2) is 42.5 Å². The van der Waals surface area contributed by atoms with E-state index in [0.717, 1.165) is 29.1 Å². The minimum Gasteiger partial charge on any atom is -0.380 e. The Kier molecular flexibility index (Phi) is 5.18. The third kappa shape index (κ3) is 3.31. The van der Waals surface area contributed by atoms with Gasteiger partial charge in [0.05, 0.1) is 17.6 Å². The van der Waals surface area contributed by atoms with Crippen molar-refractivity contribution in [2.45, 2.75) is 39.7 Å². The molecule has 0 N–H and O–H groups in total. The lowest BCUT2D eigenvalue weighted by Gasteiger charge is -2.20. The highest BCUT2D eigenvalue weighted by Crippen LogP contribution is 2.35. The molecular weight excluding hydrogens is 350 g/mol. The highest BCUT2D eigenvalue weighted by atomic mass is 16.5. The van der Waals surface area contributed by atoms with Crippen LogP contribution in [0.25, 0.3) is 11.0 Å². The van der Waals surface area contributed by atoms with E-state index < -0.39 is 0 Å². The normalized spacial score (nSPS) is 17.0. The largest absolute Gasteiger partial charge is 0.380 e. The van der Waals surface area contributed by atoms with Gasteiger partial charge in [-0.1, -0.05) is 24.3 Å². The topological polar surface area (TPSA) is 47.4 Å². The Balaban J connectivity index is 1.68. The van der Waals surface area contributed by atoms with Crippen LogP contribution in [0.1, 0.15) is 36.2 Å². The van der Waals surface area contributed by atoms with Crippen LogP contribution in [0.4, 0.5) is 5.69 Å². The highest BCUT2D eigenvalue weighted by Gasteiger charge is 2.35. The van der Waals surface area contributed by atoms with Crippen LogP contribution in [0.2, 0.25) is 0 Å². The monoisotopic (exact) mass is 377 g/mol. The van der Waals surface area contributed by atoms with Crippen molar-refractivity contribution in [1.82, 2.24) is 9.55 Å². The van der Waals surface area contributed by atoms with Gasteiger partial charge in [-0.15, -0.1) is 0 Å². The van der Waals surface area contributed by atoms with Gasteiger partial charge in [0.2, 0.25) is 5.91 Å². The lowest BCUT2D eigenvalue weighted by atomic mass is 10.1. The fraction of sp³-hybridized carbons (Fsp3) is 0.391. The number of para-hydroxylation sites is 2. The second kappa shape index (κ2) is 7.76. The molecule has 0 saturated carbocycles. The van der Waals surface area contributed by atoms with E-state index in [1.165, 1.54) is 11.1 Å². The van der Waals surface area contributed by atoms with Crippen LogP contribution >= 0.6 is 0 Å². The van der Waals surface area contributed by atoms with Crippen molar-refractivity contribution < 1.29 is 9.53 Å². The van der Waals surface area contributed by atoms with E-state index >= 15 is 0 Å². The molecule has 146 valence electrons. The van der Waals surface area contributed by atoms with Gasteiger partial charge in [-0.25, -0.2) is 4.98 Å². The Bertz CT molecular complexity index is 1010. The molecule has 1 aromatic heterocycles. The summed E-state index contributed by atoms with van der Waals surface area (Å²) in [5.74, 6) is 1.24. The molecule has 0 radical (unpaired) electrons. The molecule has 0 bridgehead atoms. The van der Waals surface area contributed by atoms with E-state index in [2.05, 4.69) is 30.5 Å². The zero-order valence-corrected chi connectivity index (χ0v) is 16.8. The average molecular weight is 377 g/mol. The van der Waals surface area contributed by atoms with E-state index in [9.17, 15) is 4.79 Å². The molecule has 2 heterocycles. The van der Waals surface area contributed by atoms with E-state index in [1.807, 2.05) is 42.2 Å². The maximum absolute atomic E-state index is 12.9. The lowest BCUT2D eigenvalue weighted by molar-refractivity contribution is -0.117. The number of aromatic nitrogens is 2. The third-order valence-electron chi connectivity index (χ3n) is 5.70. The Morgan fingerprint density at radius 3 is 2.79 bits per heavy atom. The summed E-state index contributed by atoms with van der Waals surface area (Å²) in [6.45, 7) is 8.94. The van der Waals surface area contributed by atoms with Crippen LogP contribution in [-0.2, 0) is 16.1 Å². The summed E-state index contributed by atoms with van der Waals surface area (Å²) < 4.78 is 7.82. The van der Waals surface area contributed by atoms with Crippen molar-refractivity contribution in [3.63, 3.8) is 0 Å². The molecule has 1 fully saturated rings. The van der Waals surface area contributed by atoms with Crippen molar-refractivity contribution in [2.24, 2.45) is 0 Å². The molecule has 0 aliphatic carbocycles. The van der Waals surface area contributed by atoms with E-state index in [4.69, 9.17) is 9.72 Å². The first-order chi connectivity index (χ1) is 13.6. The number of carbonyl (C=O) groups is 1. The van der Waals surface area contributed by atoms with Gasteiger partial charge < -0.3 is 14.2 Å². The Labute approximate surface area is 165 Å². The predicted octanol–water partition coefficient (Wildman–Crippen LogP) is 4.21. The van der Waals surface area contributed by atoms with Gasteiger partial charge in [-0.05, 0) is 50.1 Å². The summed E-state index contributed by atoms with van der Waals surface area (Å²) >= 11 is 0. The molecule has 3 aromatic rings. The minimum atomic E-state index is 0.0847. The van der Waals surface area contributed by atoms with Crippen molar-refractivity contribution in [1.29, 1.82) is 0 Å². The molecule has 1 aliphatic rings. The van der Waals surface area contributed by atoms with Crippen LogP contribution in [-0.4, -0.2) is 35.2 Å². The first-order valence-electron chi connectivity index (χ1n) is 9.99. The average Bonchev–Trinajstić information content (AvgIpc) is 3.25. The summed E-state index contributed by atoms with van der Waals surface area (Å²) in [6, 6.07) is 14.3. The van der Waals surface area contributed by atoms with Gasteiger partial charge in [0.1, 0.15) is 5.82 Å². The Morgan fingerprint density at radius 2 is 1.96 bits per heavy atom. The number of hydrogen-bond acceptors (Lipinski definition) is 3. The number of hydrogen-bond donors (Lipinski definition) is 0. The number of benzene rings is 2. The second-order valence-corrected chi connectivity index (χ2v) is 7.43.